The minimum atomic E-state index is -2.29. The highest BCUT2D eigenvalue weighted by molar-refractivity contribution is 7.99. The third-order valence-electron chi connectivity index (χ3n) is 2.78. The Hall–Kier alpha value is -1.19. The molecule has 0 amide bonds. The molecule has 0 spiro atoms. The smallest absolute Gasteiger partial charge is 0.0527 e. The van der Waals surface area contributed by atoms with Crippen LogP contribution in [0.15, 0.2) is 56.0 Å². The van der Waals surface area contributed by atoms with Crippen LogP contribution in [0.3, 0.4) is 0 Å². The van der Waals surface area contributed by atoms with Crippen LogP contribution in [0.4, 0.5) is 11.4 Å². The van der Waals surface area contributed by atoms with Crippen LogP contribution in [0.25, 0.3) is 0 Å². The number of hydrogen-bond donors (Lipinski definition) is 1. The van der Waals surface area contributed by atoms with Gasteiger partial charge in [-0.15, -0.1) is 0 Å². The van der Waals surface area contributed by atoms with Crippen molar-refractivity contribution in [2.75, 3.05) is 5.32 Å². The molecule has 0 aliphatic carbocycles. The maximum Gasteiger partial charge on any atom is 0.0527 e. The monoisotopic (exact) mass is 325 g/mol. The molecule has 1 aliphatic rings. The van der Waals surface area contributed by atoms with Crippen LogP contribution in [0.1, 0.15) is 0 Å². The second-order valence-electron chi connectivity index (χ2n) is 4.01. The Kier molecular flexibility index (Phi) is 3.65. The molecule has 2 atom stereocenters. The summed E-state index contributed by atoms with van der Waals surface area (Å²) in [5.74, 6) is 0. The van der Waals surface area contributed by atoms with Crippen LogP contribution in [-0.2, 0) is 22.2 Å². The maximum absolute atomic E-state index is 11.0. The van der Waals surface area contributed by atoms with Crippen molar-refractivity contribution in [2.24, 2.45) is 0 Å². The lowest BCUT2D eigenvalue weighted by molar-refractivity contribution is 0.535. The fourth-order valence-electron chi connectivity index (χ4n) is 1.85. The molecular formula is C12H7NO4S3-2. The largest absolute Gasteiger partial charge is 0.768 e. The first-order valence-corrected chi connectivity index (χ1v) is 8.43. The molecule has 3 rings (SSSR count). The standard InChI is InChI=1S/C12H9NO4S3/c14-19(15)7-1-3-9-11(5-7)18-12-6-8(20(16)17)2-4-10(12)13-9/h1-6,13H,(H,14,15)(H,16,17)/p-2. The van der Waals surface area contributed by atoms with Crippen LogP contribution in [-0.4, -0.2) is 17.5 Å². The molecule has 2 aromatic carbocycles. The van der Waals surface area contributed by atoms with Gasteiger partial charge < -0.3 is 14.4 Å². The Labute approximate surface area is 124 Å². The number of rotatable bonds is 2. The topological polar surface area (TPSA) is 92.3 Å². The van der Waals surface area contributed by atoms with E-state index in [2.05, 4.69) is 5.32 Å². The molecule has 1 aliphatic heterocycles. The maximum atomic E-state index is 11.0. The van der Waals surface area contributed by atoms with Gasteiger partial charge in [-0.05, 0) is 58.6 Å². The molecule has 8 heteroatoms. The fraction of sp³-hybridized carbons (Fsp3) is 0. The molecule has 1 heterocycles. The summed E-state index contributed by atoms with van der Waals surface area (Å²) < 4.78 is 43.9. The normalized spacial score (nSPS) is 15.7. The Morgan fingerprint density at radius 1 is 0.850 bits per heavy atom. The van der Waals surface area contributed by atoms with E-state index in [4.69, 9.17) is 0 Å². The van der Waals surface area contributed by atoms with Crippen molar-refractivity contribution in [2.45, 2.75) is 19.6 Å². The van der Waals surface area contributed by atoms with Crippen molar-refractivity contribution in [3.8, 4) is 0 Å². The van der Waals surface area contributed by atoms with Gasteiger partial charge in [-0.3, -0.25) is 8.42 Å². The van der Waals surface area contributed by atoms with E-state index in [0.29, 0.717) is 0 Å². The summed E-state index contributed by atoms with van der Waals surface area (Å²) in [6.07, 6.45) is 0. The average Bonchev–Trinajstić information content (AvgIpc) is 2.43. The predicted molar refractivity (Wildman–Crippen MR) is 74.7 cm³/mol. The highest BCUT2D eigenvalue weighted by Gasteiger charge is 2.16. The van der Waals surface area contributed by atoms with Crippen LogP contribution < -0.4 is 5.32 Å². The van der Waals surface area contributed by atoms with E-state index in [0.717, 1.165) is 21.2 Å². The molecule has 104 valence electrons. The summed E-state index contributed by atoms with van der Waals surface area (Å²) in [7, 11) is 0. The Morgan fingerprint density at radius 3 is 1.70 bits per heavy atom. The number of benzene rings is 2. The van der Waals surface area contributed by atoms with Crippen LogP contribution in [0.2, 0.25) is 0 Å². The minimum absolute atomic E-state index is 0.199. The number of hydrogen-bond acceptors (Lipinski definition) is 6. The van der Waals surface area contributed by atoms with E-state index in [9.17, 15) is 17.5 Å². The van der Waals surface area contributed by atoms with Gasteiger partial charge in [-0.25, -0.2) is 0 Å². The summed E-state index contributed by atoms with van der Waals surface area (Å²) in [4.78, 5) is 1.89. The molecule has 1 N–H and O–H groups in total. The van der Waals surface area contributed by atoms with Gasteiger partial charge in [0.1, 0.15) is 0 Å². The molecule has 2 aromatic rings. The third kappa shape index (κ3) is 2.52. The third-order valence-corrected chi connectivity index (χ3v) is 5.17. The van der Waals surface area contributed by atoms with Crippen molar-refractivity contribution < 1.29 is 17.5 Å². The van der Waals surface area contributed by atoms with Crippen LogP contribution >= 0.6 is 11.8 Å². The zero-order valence-electron chi connectivity index (χ0n) is 9.82. The van der Waals surface area contributed by atoms with Crippen molar-refractivity contribution >= 4 is 45.3 Å². The van der Waals surface area contributed by atoms with E-state index < -0.39 is 22.2 Å². The molecule has 5 nitrogen and oxygen atoms in total. The summed E-state index contributed by atoms with van der Waals surface area (Å²) in [6.45, 7) is 0. The highest BCUT2D eigenvalue weighted by atomic mass is 32.2. The SMILES string of the molecule is O=S([O-])c1ccc2c(c1)Sc1cc(S(=O)[O-])ccc1N2. The molecule has 0 aromatic heterocycles. The second kappa shape index (κ2) is 5.30. The number of fused-ring (bicyclic) bond motifs is 2. The lowest BCUT2D eigenvalue weighted by Gasteiger charge is -2.22. The van der Waals surface area contributed by atoms with E-state index in [1.807, 2.05) is 0 Å². The predicted octanol–water partition coefficient (Wildman–Crippen LogP) is 2.37. The van der Waals surface area contributed by atoms with Crippen molar-refractivity contribution in [1.82, 2.24) is 0 Å². The van der Waals surface area contributed by atoms with Gasteiger partial charge in [0, 0.05) is 19.6 Å². The van der Waals surface area contributed by atoms with Crippen LogP contribution in [0, 0.1) is 0 Å². The average molecular weight is 325 g/mol. The summed E-state index contributed by atoms with van der Waals surface area (Å²) in [5, 5.41) is 3.15. The molecule has 0 bridgehead atoms. The first-order valence-electron chi connectivity index (χ1n) is 5.46. The van der Waals surface area contributed by atoms with Gasteiger partial charge >= 0.3 is 0 Å². The molecule has 2 unspecified atom stereocenters. The second-order valence-corrected chi connectivity index (χ2v) is 6.98. The van der Waals surface area contributed by atoms with Gasteiger partial charge in [0.05, 0.1) is 11.4 Å². The first-order chi connectivity index (χ1) is 9.54. The number of nitrogens with one attached hydrogen (secondary N) is 1. The van der Waals surface area contributed by atoms with E-state index in [-0.39, 0.29) is 9.79 Å². The molecular weight excluding hydrogens is 318 g/mol. The zero-order valence-corrected chi connectivity index (χ0v) is 12.3. The highest BCUT2D eigenvalue weighted by Crippen LogP contribution is 2.45. The Bertz CT molecular complexity index is 686. The lowest BCUT2D eigenvalue weighted by atomic mass is 10.2. The Balaban J connectivity index is 2.03. The lowest BCUT2D eigenvalue weighted by Crippen LogP contribution is -2.02. The van der Waals surface area contributed by atoms with E-state index >= 15 is 0 Å². The molecule has 0 saturated heterocycles. The molecule has 0 fully saturated rings. The molecule has 0 saturated carbocycles. The molecule has 0 radical (unpaired) electrons. The van der Waals surface area contributed by atoms with Crippen molar-refractivity contribution in [3.05, 3.63) is 36.4 Å². The quantitative estimate of drug-likeness (QED) is 0.727. The zero-order chi connectivity index (χ0) is 14.3. The minimum Gasteiger partial charge on any atom is -0.768 e. The van der Waals surface area contributed by atoms with E-state index in [1.54, 1.807) is 24.3 Å². The molecule has 20 heavy (non-hydrogen) atoms. The van der Waals surface area contributed by atoms with Crippen LogP contribution in [0.5, 0.6) is 0 Å². The van der Waals surface area contributed by atoms with E-state index in [1.165, 1.54) is 23.9 Å². The van der Waals surface area contributed by atoms with Crippen molar-refractivity contribution in [1.29, 1.82) is 0 Å². The van der Waals surface area contributed by atoms with Gasteiger partial charge in [-0.1, -0.05) is 11.8 Å². The summed E-state index contributed by atoms with van der Waals surface area (Å²) in [6, 6.07) is 9.52. The van der Waals surface area contributed by atoms with Crippen molar-refractivity contribution in [3.63, 3.8) is 0 Å². The Morgan fingerprint density at radius 2 is 1.30 bits per heavy atom. The summed E-state index contributed by atoms with van der Waals surface area (Å²) >= 11 is -3.24. The summed E-state index contributed by atoms with van der Waals surface area (Å²) in [5.41, 5.74) is 1.60. The van der Waals surface area contributed by atoms with Gasteiger partial charge in [0.25, 0.3) is 0 Å². The fourth-order valence-corrected chi connectivity index (χ4v) is 3.85. The number of anilines is 2. The van der Waals surface area contributed by atoms with Gasteiger partial charge in [0.2, 0.25) is 0 Å². The van der Waals surface area contributed by atoms with Gasteiger partial charge in [-0.2, -0.15) is 0 Å². The van der Waals surface area contributed by atoms with Gasteiger partial charge in [0.15, 0.2) is 0 Å². The first kappa shape index (κ1) is 13.8.